The van der Waals surface area contributed by atoms with Crippen LogP contribution in [0.5, 0.6) is 0 Å². The molecule has 0 saturated carbocycles. The van der Waals surface area contributed by atoms with Gasteiger partial charge in [-0.25, -0.2) is 8.78 Å². The highest BCUT2D eigenvalue weighted by Crippen LogP contribution is 2.34. The molecule has 2 rings (SSSR count). The van der Waals surface area contributed by atoms with Gasteiger partial charge in [-0.05, 0) is 18.6 Å². The number of hydrogen-bond acceptors (Lipinski definition) is 2. The van der Waals surface area contributed by atoms with Crippen molar-refractivity contribution < 1.29 is 22.0 Å². The second kappa shape index (κ2) is 9.61. The van der Waals surface area contributed by atoms with E-state index in [1.165, 1.54) is 6.07 Å². The molecule has 2 nitrogen and oxygen atoms in total. The van der Waals surface area contributed by atoms with Crippen molar-refractivity contribution in [2.75, 3.05) is 26.2 Å². The smallest absolute Gasteiger partial charge is 0.314 e. The lowest BCUT2D eigenvalue weighted by Crippen LogP contribution is -2.45. The van der Waals surface area contributed by atoms with Gasteiger partial charge in [-0.15, -0.1) is 24.8 Å². The maximum atomic E-state index is 13.9. The Kier molecular flexibility index (Phi) is 9.35. The van der Waals surface area contributed by atoms with Crippen LogP contribution in [0.25, 0.3) is 0 Å². The Balaban J connectivity index is 0.00000242. The molecule has 134 valence electrons. The van der Waals surface area contributed by atoms with Crippen molar-refractivity contribution >= 4 is 24.8 Å². The van der Waals surface area contributed by atoms with E-state index >= 15 is 0 Å². The average Bonchev–Trinajstić information content (AvgIpc) is 2.42. The van der Waals surface area contributed by atoms with Crippen molar-refractivity contribution in [2.45, 2.75) is 25.1 Å². The molecule has 1 fully saturated rings. The molecule has 1 aromatic rings. The molecule has 0 aliphatic carbocycles. The van der Waals surface area contributed by atoms with E-state index in [1.54, 1.807) is 4.90 Å². The molecule has 9 heteroatoms. The molecule has 0 amide bonds. The molecule has 1 N–H and O–H groups in total. The minimum atomic E-state index is -4.34. The third-order valence-corrected chi connectivity index (χ3v) is 3.63. The second-order valence-electron chi connectivity index (χ2n) is 5.09. The van der Waals surface area contributed by atoms with Gasteiger partial charge in [0.05, 0.1) is 0 Å². The normalized spacial score (nSPS) is 17.1. The summed E-state index contributed by atoms with van der Waals surface area (Å²) in [6.07, 6.45) is -5.75. The lowest BCUT2D eigenvalue weighted by Gasteiger charge is -2.35. The Morgan fingerprint density at radius 1 is 1.04 bits per heavy atom. The van der Waals surface area contributed by atoms with Gasteiger partial charge in [-0.3, -0.25) is 4.90 Å². The molecule has 0 spiro atoms. The predicted molar refractivity (Wildman–Crippen MR) is 83.3 cm³/mol. The number of alkyl halides is 3. The number of hydrogen-bond donors (Lipinski definition) is 1. The minimum absolute atomic E-state index is 0. The van der Waals surface area contributed by atoms with Crippen LogP contribution in [0.15, 0.2) is 18.2 Å². The van der Waals surface area contributed by atoms with Crippen LogP contribution in [-0.4, -0.2) is 37.3 Å². The summed E-state index contributed by atoms with van der Waals surface area (Å²) in [5, 5.41) is 3.07. The first-order chi connectivity index (χ1) is 9.88. The van der Waals surface area contributed by atoms with Gasteiger partial charge in [0.15, 0.2) is 0 Å². The van der Waals surface area contributed by atoms with Gasteiger partial charge in [0, 0.05) is 44.2 Å². The standard InChI is InChI=1S/C14H17F5N2.2ClH/c15-10-2-1-3-11(16)13(10)12(4-5-14(17,18)19)21-8-6-20-7-9-21;;/h1-3,12,20H,4-9H2;2*1H/t12-;;/m0../s1. The minimum Gasteiger partial charge on any atom is -0.314 e. The molecule has 1 aliphatic heterocycles. The monoisotopic (exact) mass is 380 g/mol. The van der Waals surface area contributed by atoms with E-state index in [2.05, 4.69) is 5.32 Å². The molecule has 0 radical (unpaired) electrons. The fourth-order valence-electron chi connectivity index (χ4n) is 2.63. The van der Waals surface area contributed by atoms with Gasteiger partial charge < -0.3 is 5.32 Å². The van der Waals surface area contributed by atoms with Crippen molar-refractivity contribution in [3.8, 4) is 0 Å². The molecule has 1 atom stereocenters. The van der Waals surface area contributed by atoms with Crippen LogP contribution in [0.3, 0.4) is 0 Å². The zero-order valence-corrected chi connectivity index (χ0v) is 13.8. The number of benzene rings is 1. The van der Waals surface area contributed by atoms with Crippen LogP contribution in [0.4, 0.5) is 22.0 Å². The van der Waals surface area contributed by atoms with E-state index in [0.29, 0.717) is 26.2 Å². The van der Waals surface area contributed by atoms with Crippen LogP contribution >= 0.6 is 24.8 Å². The van der Waals surface area contributed by atoms with E-state index in [4.69, 9.17) is 0 Å². The summed E-state index contributed by atoms with van der Waals surface area (Å²) in [6.45, 7) is 2.13. The highest BCUT2D eigenvalue weighted by Gasteiger charge is 2.33. The Morgan fingerprint density at radius 2 is 1.57 bits per heavy atom. The van der Waals surface area contributed by atoms with Crippen LogP contribution in [0.2, 0.25) is 0 Å². The molecule has 1 aliphatic rings. The topological polar surface area (TPSA) is 15.3 Å². The van der Waals surface area contributed by atoms with Gasteiger partial charge in [0.1, 0.15) is 11.6 Å². The van der Waals surface area contributed by atoms with Gasteiger partial charge in [-0.2, -0.15) is 13.2 Å². The lowest BCUT2D eigenvalue weighted by atomic mass is 9.98. The van der Waals surface area contributed by atoms with Crippen molar-refractivity contribution in [2.24, 2.45) is 0 Å². The summed E-state index contributed by atoms with van der Waals surface area (Å²) in [7, 11) is 0. The van der Waals surface area contributed by atoms with Crippen LogP contribution in [0, 0.1) is 11.6 Å². The zero-order chi connectivity index (χ0) is 15.5. The van der Waals surface area contributed by atoms with Crippen molar-refractivity contribution in [1.29, 1.82) is 0 Å². The highest BCUT2D eigenvalue weighted by atomic mass is 35.5. The van der Waals surface area contributed by atoms with E-state index in [0.717, 1.165) is 12.1 Å². The highest BCUT2D eigenvalue weighted by molar-refractivity contribution is 5.85. The molecule has 1 saturated heterocycles. The van der Waals surface area contributed by atoms with Crippen LogP contribution in [0.1, 0.15) is 24.4 Å². The quantitative estimate of drug-likeness (QED) is 0.791. The lowest BCUT2D eigenvalue weighted by molar-refractivity contribution is -0.138. The summed E-state index contributed by atoms with van der Waals surface area (Å²) in [5.41, 5.74) is -0.261. The molecule has 1 heterocycles. The second-order valence-corrected chi connectivity index (χ2v) is 5.09. The van der Waals surface area contributed by atoms with E-state index < -0.39 is 30.3 Å². The van der Waals surface area contributed by atoms with E-state index in [1.807, 2.05) is 0 Å². The van der Waals surface area contributed by atoms with E-state index in [-0.39, 0.29) is 36.8 Å². The number of nitrogens with zero attached hydrogens (tertiary/aromatic N) is 1. The van der Waals surface area contributed by atoms with Gasteiger partial charge in [-0.1, -0.05) is 6.07 Å². The molecule has 1 aromatic carbocycles. The average molecular weight is 381 g/mol. The van der Waals surface area contributed by atoms with Crippen molar-refractivity contribution in [1.82, 2.24) is 10.2 Å². The van der Waals surface area contributed by atoms with Crippen molar-refractivity contribution in [3.63, 3.8) is 0 Å². The van der Waals surface area contributed by atoms with Crippen LogP contribution in [-0.2, 0) is 0 Å². The first-order valence-electron chi connectivity index (χ1n) is 6.84. The van der Waals surface area contributed by atoms with Gasteiger partial charge in [0.25, 0.3) is 0 Å². The molecule has 0 bridgehead atoms. The number of halogens is 7. The predicted octanol–water partition coefficient (Wildman–Crippen LogP) is 4.10. The van der Waals surface area contributed by atoms with Gasteiger partial charge in [0.2, 0.25) is 0 Å². The molecule has 23 heavy (non-hydrogen) atoms. The SMILES string of the molecule is Cl.Cl.Fc1cccc(F)c1[C@H](CCC(F)(F)F)N1CCNCC1. The molecule has 0 unspecified atom stereocenters. The van der Waals surface area contributed by atoms with Gasteiger partial charge >= 0.3 is 6.18 Å². The maximum absolute atomic E-state index is 13.9. The zero-order valence-electron chi connectivity index (χ0n) is 12.2. The third kappa shape index (κ3) is 6.41. The number of nitrogens with one attached hydrogen (secondary N) is 1. The summed E-state index contributed by atoms with van der Waals surface area (Å²) in [6, 6.07) is 2.49. The maximum Gasteiger partial charge on any atom is 0.389 e. The Bertz CT molecular complexity index is 458. The summed E-state index contributed by atoms with van der Waals surface area (Å²) >= 11 is 0. The Morgan fingerprint density at radius 3 is 2.04 bits per heavy atom. The first-order valence-corrected chi connectivity index (χ1v) is 6.84. The molecule has 0 aromatic heterocycles. The Hall–Kier alpha value is -0.630. The fraction of sp³-hybridized carbons (Fsp3) is 0.571. The van der Waals surface area contributed by atoms with E-state index in [9.17, 15) is 22.0 Å². The summed E-state index contributed by atoms with van der Waals surface area (Å²) in [4.78, 5) is 1.71. The van der Waals surface area contributed by atoms with Crippen LogP contribution < -0.4 is 5.32 Å². The van der Waals surface area contributed by atoms with Crippen molar-refractivity contribution in [3.05, 3.63) is 35.4 Å². The first kappa shape index (κ1) is 22.4. The third-order valence-electron chi connectivity index (χ3n) is 3.63. The number of rotatable bonds is 4. The molecular weight excluding hydrogens is 362 g/mol. The molecular formula is C14H19Cl2F5N2. The number of piperazine rings is 1. The fourth-order valence-corrected chi connectivity index (χ4v) is 2.63. The largest absolute Gasteiger partial charge is 0.389 e. The summed E-state index contributed by atoms with van der Waals surface area (Å²) in [5.74, 6) is -1.58. The Labute approximate surface area is 144 Å². The summed E-state index contributed by atoms with van der Waals surface area (Å²) < 4.78 is 65.3.